The van der Waals surface area contributed by atoms with Gasteiger partial charge in [-0.05, 0) is 19.3 Å². The predicted molar refractivity (Wildman–Crippen MR) is 310 cm³/mol. The molecule has 0 aliphatic carbocycles. The first kappa shape index (κ1) is 73.8. The van der Waals surface area contributed by atoms with Crippen LogP contribution in [0.2, 0.25) is 0 Å². The molecule has 1 amide bonds. The van der Waals surface area contributed by atoms with E-state index < -0.39 is 124 Å². The molecule has 478 valence electrons. The number of allylic oxidation sites excluding steroid dienone is 1. The summed E-state index contributed by atoms with van der Waals surface area (Å²) in [6.07, 6.45) is 20.2. The van der Waals surface area contributed by atoms with Gasteiger partial charge in [-0.15, -0.1) is 0 Å². The van der Waals surface area contributed by atoms with Gasteiger partial charge in [0.1, 0.15) is 73.2 Å². The summed E-state index contributed by atoms with van der Waals surface area (Å²) in [7, 11) is 0. The van der Waals surface area contributed by atoms with Crippen molar-refractivity contribution < 1.29 is 89.4 Å². The molecule has 19 heteroatoms. The summed E-state index contributed by atoms with van der Waals surface area (Å²) in [6.45, 7) is 1.71. The maximum atomic E-state index is 13.4. The summed E-state index contributed by atoms with van der Waals surface area (Å²) < 4.78 is 34.3. The number of rotatable bonds is 49. The maximum absolute atomic E-state index is 13.4. The first-order valence-corrected chi connectivity index (χ1v) is 32.4. The van der Waals surface area contributed by atoms with E-state index in [9.17, 15) is 61.0 Å². The standard InChI is InChI=1S/C62H117NO18/c1-3-5-7-9-11-13-15-17-18-19-20-21-22-23-24-25-26-28-30-32-34-36-38-40-50(68)63-45(46(67)39-37-35-33-31-29-27-16-14-12-10-8-6-4-2)44-76-60-56(74)54(72)58(49(43-66)79-60)80-62-57(75)59(52(70)48(42-65)78-62)81-61-55(73)53(71)51(69)47(41-64)77-61/h37,39,45-49,51-62,64-67,69-75H,3-36,38,40-44H2,1-2H3,(H,63,68)/b39-37+. The Hall–Kier alpha value is -1.47. The van der Waals surface area contributed by atoms with Gasteiger partial charge >= 0.3 is 0 Å². The zero-order valence-electron chi connectivity index (χ0n) is 50.0. The topological polar surface area (TPSA) is 307 Å². The number of unbranched alkanes of at least 4 members (excludes halogenated alkanes) is 33. The average Bonchev–Trinajstić information content (AvgIpc) is 3.46. The van der Waals surface area contributed by atoms with Crippen molar-refractivity contribution in [3.8, 4) is 0 Å². The first-order valence-electron chi connectivity index (χ1n) is 32.4. The van der Waals surface area contributed by atoms with Crippen LogP contribution in [0.15, 0.2) is 12.2 Å². The molecule has 19 nitrogen and oxygen atoms in total. The van der Waals surface area contributed by atoms with Gasteiger partial charge in [0, 0.05) is 6.42 Å². The van der Waals surface area contributed by atoms with Gasteiger partial charge < -0.3 is 89.9 Å². The van der Waals surface area contributed by atoms with Crippen LogP contribution < -0.4 is 5.32 Å². The second kappa shape index (κ2) is 45.8. The Balaban J connectivity index is 1.46. The Morgan fingerprint density at radius 1 is 0.432 bits per heavy atom. The van der Waals surface area contributed by atoms with E-state index in [2.05, 4.69) is 19.2 Å². The molecule has 3 rings (SSSR count). The summed E-state index contributed by atoms with van der Waals surface area (Å²) in [6, 6.07) is -0.974. The highest BCUT2D eigenvalue weighted by molar-refractivity contribution is 5.76. The van der Waals surface area contributed by atoms with Crippen molar-refractivity contribution in [3.05, 3.63) is 12.2 Å². The van der Waals surface area contributed by atoms with Crippen molar-refractivity contribution in [2.45, 2.75) is 349 Å². The number of ether oxygens (including phenoxy) is 6. The molecule has 0 aromatic heterocycles. The van der Waals surface area contributed by atoms with Gasteiger partial charge in [0.05, 0.1) is 38.6 Å². The molecule has 0 saturated carbocycles. The van der Waals surface area contributed by atoms with E-state index in [1.807, 2.05) is 6.08 Å². The molecule has 12 N–H and O–H groups in total. The highest BCUT2D eigenvalue weighted by Crippen LogP contribution is 2.33. The Morgan fingerprint density at radius 3 is 1.25 bits per heavy atom. The van der Waals surface area contributed by atoms with E-state index in [0.29, 0.717) is 6.42 Å². The van der Waals surface area contributed by atoms with Gasteiger partial charge in [-0.25, -0.2) is 0 Å². The number of aliphatic hydroxyl groups excluding tert-OH is 11. The van der Waals surface area contributed by atoms with Gasteiger partial charge in [-0.1, -0.05) is 231 Å². The molecule has 0 spiro atoms. The van der Waals surface area contributed by atoms with E-state index in [0.717, 1.165) is 44.9 Å². The van der Waals surface area contributed by atoms with Crippen molar-refractivity contribution in [3.63, 3.8) is 0 Å². The average molecular weight is 1160 g/mol. The quantitative estimate of drug-likeness (QED) is 0.0217. The van der Waals surface area contributed by atoms with Gasteiger partial charge in [0.15, 0.2) is 18.9 Å². The smallest absolute Gasteiger partial charge is 0.220 e. The monoisotopic (exact) mass is 1160 g/mol. The lowest BCUT2D eigenvalue weighted by atomic mass is 9.96. The third kappa shape index (κ3) is 29.2. The minimum Gasteiger partial charge on any atom is -0.394 e. The lowest BCUT2D eigenvalue weighted by Crippen LogP contribution is -2.67. The van der Waals surface area contributed by atoms with E-state index in [4.69, 9.17) is 28.4 Å². The molecular weight excluding hydrogens is 1050 g/mol. The number of carbonyl (C=O) groups excluding carboxylic acids is 1. The zero-order chi connectivity index (χ0) is 59.0. The molecule has 0 aromatic carbocycles. The van der Waals surface area contributed by atoms with E-state index in [-0.39, 0.29) is 18.9 Å². The number of nitrogens with one attached hydrogen (secondary N) is 1. The second-order valence-corrected chi connectivity index (χ2v) is 23.6. The first-order chi connectivity index (χ1) is 39.3. The van der Waals surface area contributed by atoms with Crippen LogP contribution in [0.5, 0.6) is 0 Å². The Kier molecular flexibility index (Phi) is 41.7. The molecule has 17 unspecified atom stereocenters. The number of amides is 1. The summed E-state index contributed by atoms with van der Waals surface area (Å²) in [4.78, 5) is 13.4. The van der Waals surface area contributed by atoms with Crippen LogP contribution in [0.1, 0.15) is 245 Å². The molecule has 0 bridgehead atoms. The number of hydrogen-bond donors (Lipinski definition) is 12. The Morgan fingerprint density at radius 2 is 0.802 bits per heavy atom. The highest BCUT2D eigenvalue weighted by Gasteiger charge is 2.54. The Labute approximate surface area is 486 Å². The van der Waals surface area contributed by atoms with Crippen LogP contribution >= 0.6 is 0 Å². The molecule has 3 aliphatic rings. The second-order valence-electron chi connectivity index (χ2n) is 23.6. The van der Waals surface area contributed by atoms with Crippen molar-refractivity contribution in [2.75, 3.05) is 26.4 Å². The molecule has 81 heavy (non-hydrogen) atoms. The lowest BCUT2D eigenvalue weighted by Gasteiger charge is -2.48. The van der Waals surface area contributed by atoms with Crippen LogP contribution in [-0.2, 0) is 33.2 Å². The molecule has 3 aliphatic heterocycles. The zero-order valence-corrected chi connectivity index (χ0v) is 50.0. The summed E-state index contributed by atoms with van der Waals surface area (Å²) in [5.74, 6) is -0.275. The molecule has 0 aromatic rings. The van der Waals surface area contributed by atoms with Crippen molar-refractivity contribution in [1.29, 1.82) is 0 Å². The van der Waals surface area contributed by atoms with E-state index in [1.54, 1.807) is 6.08 Å². The third-order valence-electron chi connectivity index (χ3n) is 16.6. The largest absolute Gasteiger partial charge is 0.394 e. The van der Waals surface area contributed by atoms with Crippen LogP contribution in [0.4, 0.5) is 0 Å². The van der Waals surface area contributed by atoms with Crippen LogP contribution in [-0.4, -0.2) is 193 Å². The van der Waals surface area contributed by atoms with Crippen LogP contribution in [0, 0.1) is 0 Å². The number of hydrogen-bond acceptors (Lipinski definition) is 18. The van der Waals surface area contributed by atoms with E-state index >= 15 is 0 Å². The SMILES string of the molecule is CCCCCCCCCCCCC/C=C/C(O)C(COC1OC(CO)C(OC2OC(CO)C(O)C(OC3OC(CO)C(O)C(O)C3O)C2O)C(O)C1O)NC(=O)CCCCCCCCCCCCCCCCCCCCCCCCC. The van der Waals surface area contributed by atoms with Crippen molar-refractivity contribution >= 4 is 5.91 Å². The van der Waals surface area contributed by atoms with E-state index in [1.165, 1.54) is 173 Å². The van der Waals surface area contributed by atoms with Gasteiger partial charge in [-0.3, -0.25) is 4.79 Å². The minimum atomic E-state index is -1.97. The summed E-state index contributed by atoms with van der Waals surface area (Å²) >= 11 is 0. The fourth-order valence-corrected chi connectivity index (χ4v) is 11.2. The van der Waals surface area contributed by atoms with Gasteiger partial charge in [-0.2, -0.15) is 0 Å². The predicted octanol–water partition coefficient (Wildman–Crippen LogP) is 6.94. The maximum Gasteiger partial charge on any atom is 0.220 e. The third-order valence-corrected chi connectivity index (χ3v) is 16.6. The molecule has 3 fully saturated rings. The van der Waals surface area contributed by atoms with Gasteiger partial charge in [0.2, 0.25) is 5.91 Å². The minimum absolute atomic E-state index is 0.245. The summed E-state index contributed by atoms with van der Waals surface area (Å²) in [5.41, 5.74) is 0. The highest BCUT2D eigenvalue weighted by atomic mass is 16.8. The van der Waals surface area contributed by atoms with Crippen LogP contribution in [0.3, 0.4) is 0 Å². The van der Waals surface area contributed by atoms with Crippen molar-refractivity contribution in [2.24, 2.45) is 0 Å². The summed E-state index contributed by atoms with van der Waals surface area (Å²) in [5, 5.41) is 120. The molecule has 3 saturated heterocycles. The lowest BCUT2D eigenvalue weighted by molar-refractivity contribution is -0.380. The van der Waals surface area contributed by atoms with Gasteiger partial charge in [0.25, 0.3) is 0 Å². The molecule has 0 radical (unpaired) electrons. The molecule has 3 heterocycles. The number of aliphatic hydroxyl groups is 11. The van der Waals surface area contributed by atoms with Crippen molar-refractivity contribution in [1.82, 2.24) is 5.32 Å². The Bertz CT molecular complexity index is 1530. The fraction of sp³-hybridized carbons (Fsp3) is 0.952. The molecule has 17 atom stereocenters. The normalized spacial score (nSPS) is 29.8. The number of carbonyl (C=O) groups is 1. The molecular formula is C62H117NO18. The van der Waals surface area contributed by atoms with Crippen LogP contribution in [0.25, 0.3) is 0 Å². The fourth-order valence-electron chi connectivity index (χ4n) is 11.2.